The number of nitrogens with one attached hydrogen (secondary N) is 2. The van der Waals surface area contributed by atoms with E-state index in [0.29, 0.717) is 11.3 Å². The quantitative estimate of drug-likeness (QED) is 0.102. The van der Waals surface area contributed by atoms with E-state index in [0.717, 1.165) is 55.9 Å². The molecule has 2 aliphatic rings. The summed E-state index contributed by atoms with van der Waals surface area (Å²) in [4.78, 5) is 1.93. The molecular formula is C31H41N7O9S. The number of methoxy groups -OCH3 is 1. The number of rotatable bonds is 15. The maximum atomic E-state index is 12.9. The Hall–Kier alpha value is -3.54. The molecule has 5 atom stereocenters. The number of hydrogen-bond donors (Lipinski definition) is 5. The van der Waals surface area contributed by atoms with Crippen LogP contribution in [0.5, 0.6) is 0 Å². The Kier molecular flexibility index (Phi) is 12.5. The minimum Gasteiger partial charge on any atom is -0.388 e. The average Bonchev–Trinajstić information content (AvgIpc) is 3.54. The van der Waals surface area contributed by atoms with Gasteiger partial charge in [-0.3, -0.25) is 4.90 Å². The van der Waals surface area contributed by atoms with E-state index in [1.54, 1.807) is 18.3 Å². The molecule has 0 aliphatic carbocycles. The van der Waals surface area contributed by atoms with Crippen LogP contribution in [-0.4, -0.2) is 134 Å². The molecule has 1 aromatic heterocycles. The highest BCUT2D eigenvalue weighted by molar-refractivity contribution is 7.93. The number of anilines is 1. The fourth-order valence-corrected chi connectivity index (χ4v) is 6.33. The summed E-state index contributed by atoms with van der Waals surface area (Å²) in [6.45, 7) is 5.09. The molecule has 2 aliphatic heterocycles. The normalized spacial score (nSPS) is 24.1. The second-order valence-electron chi connectivity index (χ2n) is 11.5. The summed E-state index contributed by atoms with van der Waals surface area (Å²) in [6, 6.07) is 13.2. The number of aromatic nitrogens is 3. The predicted molar refractivity (Wildman–Crippen MR) is 174 cm³/mol. The molecule has 17 heteroatoms. The van der Waals surface area contributed by atoms with Gasteiger partial charge in [-0.2, -0.15) is 5.26 Å². The van der Waals surface area contributed by atoms with E-state index in [2.05, 4.69) is 25.3 Å². The van der Waals surface area contributed by atoms with Crippen molar-refractivity contribution in [1.82, 2.24) is 24.6 Å². The van der Waals surface area contributed by atoms with Gasteiger partial charge < -0.3 is 39.6 Å². The van der Waals surface area contributed by atoms with Crippen LogP contribution in [0, 0.1) is 11.3 Å². The summed E-state index contributed by atoms with van der Waals surface area (Å²) in [5.74, 6) is 0. The third-order valence-corrected chi connectivity index (χ3v) is 9.44. The lowest BCUT2D eigenvalue weighted by Crippen LogP contribution is -2.58. The molecule has 5 N–H and O–H groups in total. The van der Waals surface area contributed by atoms with Crippen molar-refractivity contribution in [2.45, 2.75) is 43.9 Å². The monoisotopic (exact) mass is 687 g/mol. The lowest BCUT2D eigenvalue weighted by molar-refractivity contribution is -0.292. The maximum absolute atomic E-state index is 12.9. The zero-order valence-electron chi connectivity index (χ0n) is 26.5. The number of sulfonamides is 1. The second-order valence-corrected chi connectivity index (χ2v) is 13.2. The van der Waals surface area contributed by atoms with Gasteiger partial charge in [-0.15, -0.1) is 5.10 Å². The van der Waals surface area contributed by atoms with Crippen molar-refractivity contribution in [3.8, 4) is 6.07 Å². The molecule has 48 heavy (non-hydrogen) atoms. The first-order valence-corrected chi connectivity index (χ1v) is 17.0. The molecule has 3 aromatic rings. The van der Waals surface area contributed by atoms with E-state index in [-0.39, 0.29) is 26.3 Å². The van der Waals surface area contributed by atoms with Gasteiger partial charge in [0.2, 0.25) is 0 Å². The van der Waals surface area contributed by atoms with Gasteiger partial charge in [-0.05, 0) is 40.6 Å². The number of nitriles is 1. The average molecular weight is 688 g/mol. The minimum atomic E-state index is -4.10. The number of hydrogen-bond acceptors (Lipinski definition) is 14. The fraction of sp³-hybridized carbons (Fsp3) is 0.516. The van der Waals surface area contributed by atoms with Crippen molar-refractivity contribution < 1.29 is 42.7 Å². The van der Waals surface area contributed by atoms with Crippen LogP contribution in [0.25, 0.3) is 16.8 Å². The van der Waals surface area contributed by atoms with Crippen LogP contribution in [0.15, 0.2) is 47.5 Å². The molecule has 0 saturated carbocycles. The summed E-state index contributed by atoms with van der Waals surface area (Å²) < 4.78 is 50.9. The van der Waals surface area contributed by atoms with Gasteiger partial charge in [0.05, 0.1) is 39.2 Å². The summed E-state index contributed by atoms with van der Waals surface area (Å²) in [5, 5.41) is 53.1. The molecule has 0 amide bonds. The van der Waals surface area contributed by atoms with Gasteiger partial charge in [0.1, 0.15) is 36.2 Å². The van der Waals surface area contributed by atoms with Crippen LogP contribution >= 0.6 is 0 Å². The van der Waals surface area contributed by atoms with E-state index < -0.39 is 45.6 Å². The van der Waals surface area contributed by atoms with Crippen molar-refractivity contribution in [2.75, 3.05) is 65.0 Å². The van der Waals surface area contributed by atoms with Gasteiger partial charge in [0.15, 0.2) is 11.2 Å². The van der Waals surface area contributed by atoms with Crippen molar-refractivity contribution in [2.24, 2.45) is 0 Å². The van der Waals surface area contributed by atoms with Crippen LogP contribution in [0.1, 0.15) is 11.3 Å². The number of benzene rings is 2. The van der Waals surface area contributed by atoms with E-state index in [1.807, 2.05) is 30.3 Å². The first kappa shape index (κ1) is 35.8. The Morgan fingerprint density at radius 3 is 2.65 bits per heavy atom. The molecule has 260 valence electrons. The Balaban J connectivity index is 1.07. The number of morpholine rings is 1. The summed E-state index contributed by atoms with van der Waals surface area (Å²) in [7, 11) is -2.79. The Labute approximate surface area is 278 Å². The van der Waals surface area contributed by atoms with Gasteiger partial charge in [0, 0.05) is 45.5 Å². The highest BCUT2D eigenvalue weighted by Crippen LogP contribution is 2.24. The first-order valence-electron chi connectivity index (χ1n) is 15.6. The fourth-order valence-electron chi connectivity index (χ4n) is 5.41. The van der Waals surface area contributed by atoms with Gasteiger partial charge >= 0.3 is 0 Å². The molecule has 3 heterocycles. The highest BCUT2D eigenvalue weighted by Gasteiger charge is 2.44. The summed E-state index contributed by atoms with van der Waals surface area (Å²) >= 11 is 0. The topological polar surface area (TPSA) is 214 Å². The minimum absolute atomic E-state index is 0.00631. The second kappa shape index (κ2) is 16.7. The lowest BCUT2D eigenvalue weighted by atomic mass is 9.99. The van der Waals surface area contributed by atoms with Gasteiger partial charge in [0.25, 0.3) is 10.0 Å². The Bertz CT molecular complexity index is 1690. The number of aliphatic hydroxyl groups excluding tert-OH is 3. The number of nitrogens with zero attached hydrogens (tertiary/aromatic N) is 5. The van der Waals surface area contributed by atoms with E-state index >= 15 is 0 Å². The third-order valence-electron chi connectivity index (χ3n) is 8.06. The zero-order valence-corrected chi connectivity index (χ0v) is 27.3. The molecule has 0 bridgehead atoms. The van der Waals surface area contributed by atoms with E-state index in [4.69, 9.17) is 18.9 Å². The first-order chi connectivity index (χ1) is 23.2. The third kappa shape index (κ3) is 9.33. The Morgan fingerprint density at radius 2 is 1.88 bits per heavy atom. The van der Waals surface area contributed by atoms with Crippen LogP contribution in [0.2, 0.25) is 0 Å². The van der Waals surface area contributed by atoms with Gasteiger partial charge in [-0.25, -0.2) is 17.8 Å². The standard InChI is InChI=1S/C31H41N7O9S/c1-44-31-30(41)29(40)28(39)27(47-31)19-38-18-25(35-36-38)20-46-11-7-34-48(42,43)26(17-32)15-21-2-3-23-16-24(5-4-22(23)14-21)33-6-8-37-9-12-45-13-10-37/h2-5,14-16,18,27-31,33-34,39-41H,6-13,19-20H2,1H3/b26-15+/t27-,28-,29+,30-,31+/m1/s1. The molecule has 2 saturated heterocycles. The van der Waals surface area contributed by atoms with Crippen LogP contribution < -0.4 is 10.0 Å². The maximum Gasteiger partial charge on any atom is 0.250 e. The SMILES string of the molecule is CO[C@H]1O[C@H](Cn2cc(COCCNS(=O)(=O)/C(C#N)=C/c3ccc4cc(NCCN5CCOCC5)ccc4c3)nn2)[C@@H](O)[C@H](O)[C@H]1O. The van der Waals surface area contributed by atoms with Crippen LogP contribution in [0.3, 0.4) is 0 Å². The number of ether oxygens (including phenoxy) is 4. The molecule has 16 nitrogen and oxygen atoms in total. The number of aliphatic hydroxyl groups is 3. The Morgan fingerprint density at radius 1 is 1.10 bits per heavy atom. The number of allylic oxidation sites excluding steroid dienone is 1. The zero-order chi connectivity index (χ0) is 34.1. The molecular weight excluding hydrogens is 646 g/mol. The molecule has 5 rings (SSSR count). The highest BCUT2D eigenvalue weighted by atomic mass is 32.2. The van der Waals surface area contributed by atoms with Crippen LogP contribution in [0.4, 0.5) is 5.69 Å². The summed E-state index contributed by atoms with van der Waals surface area (Å²) in [6.07, 6.45) is -3.38. The van der Waals surface area contributed by atoms with Gasteiger partial charge in [-0.1, -0.05) is 23.4 Å². The van der Waals surface area contributed by atoms with E-state index in [9.17, 15) is 29.0 Å². The van der Waals surface area contributed by atoms with Crippen molar-refractivity contribution in [3.05, 3.63) is 58.8 Å². The van der Waals surface area contributed by atoms with E-state index in [1.165, 1.54) is 17.9 Å². The molecule has 0 radical (unpaired) electrons. The molecule has 0 unspecified atom stereocenters. The molecule has 2 aromatic carbocycles. The summed E-state index contributed by atoms with van der Waals surface area (Å²) in [5.41, 5.74) is 2.00. The lowest BCUT2D eigenvalue weighted by Gasteiger charge is -2.39. The molecule has 2 fully saturated rings. The molecule has 0 spiro atoms. The number of fused-ring (bicyclic) bond motifs is 1. The smallest absolute Gasteiger partial charge is 0.250 e. The predicted octanol–water partition coefficient (Wildman–Crippen LogP) is -0.370. The van der Waals surface area contributed by atoms with Crippen LogP contribution in [-0.2, 0) is 42.1 Å². The van der Waals surface area contributed by atoms with Crippen molar-refractivity contribution in [1.29, 1.82) is 5.26 Å². The van der Waals surface area contributed by atoms with Crippen molar-refractivity contribution in [3.63, 3.8) is 0 Å². The largest absolute Gasteiger partial charge is 0.388 e. The van der Waals surface area contributed by atoms with Crippen molar-refractivity contribution >= 4 is 32.6 Å².